The first kappa shape index (κ1) is 15.5. The first-order valence-electron chi connectivity index (χ1n) is 7.73. The highest BCUT2D eigenvalue weighted by atomic mass is 32.1. The number of carbonyl (C=O) groups excluding carboxylic acids is 2. The Kier molecular flexibility index (Phi) is 3.77. The number of benzene rings is 2. The van der Waals surface area contributed by atoms with Crippen molar-refractivity contribution in [1.29, 1.82) is 5.41 Å². The minimum absolute atomic E-state index is 0.0298. The molecule has 1 aliphatic rings. The van der Waals surface area contributed by atoms with Crippen LogP contribution in [-0.2, 0) is 4.79 Å². The molecule has 0 saturated carbocycles. The molecule has 4 rings (SSSR count). The van der Waals surface area contributed by atoms with Gasteiger partial charge in [-0.3, -0.25) is 25.4 Å². The summed E-state index contributed by atoms with van der Waals surface area (Å²) in [4.78, 5) is 29.2. The molecule has 1 aromatic heterocycles. The summed E-state index contributed by atoms with van der Waals surface area (Å²) in [6.07, 6.45) is 0. The van der Waals surface area contributed by atoms with Gasteiger partial charge in [0.25, 0.3) is 5.91 Å². The second kappa shape index (κ2) is 6.10. The molecule has 2 N–H and O–H groups in total. The molecule has 124 valence electrons. The Labute approximate surface area is 147 Å². The SMILES string of the molecule is N=C1C(c2nc3ccccc3s2)C(=O)CN1NC(=O)c1ccccc1. The summed E-state index contributed by atoms with van der Waals surface area (Å²) >= 11 is 1.41. The number of nitrogens with one attached hydrogen (secondary N) is 2. The van der Waals surface area contributed by atoms with E-state index in [4.69, 9.17) is 5.41 Å². The maximum atomic E-state index is 12.4. The molecular weight excluding hydrogens is 336 g/mol. The summed E-state index contributed by atoms with van der Waals surface area (Å²) < 4.78 is 0.977. The third-order valence-corrected chi connectivity index (χ3v) is 5.13. The maximum absolute atomic E-state index is 12.4. The van der Waals surface area contributed by atoms with Crippen LogP contribution in [0.1, 0.15) is 21.3 Å². The van der Waals surface area contributed by atoms with E-state index in [0.29, 0.717) is 10.6 Å². The fraction of sp³-hybridized carbons (Fsp3) is 0.111. The van der Waals surface area contributed by atoms with Crippen LogP contribution in [-0.4, -0.2) is 34.1 Å². The molecule has 0 radical (unpaired) electrons. The van der Waals surface area contributed by atoms with E-state index in [1.165, 1.54) is 16.3 Å². The van der Waals surface area contributed by atoms with Gasteiger partial charge in [0, 0.05) is 5.56 Å². The standard InChI is InChI=1S/C18H14N4O2S/c19-16-15(18-20-12-8-4-5-9-14(12)25-18)13(23)10-22(16)21-17(24)11-6-2-1-3-7-11/h1-9,15,19H,10H2,(H,21,24). The van der Waals surface area contributed by atoms with Gasteiger partial charge < -0.3 is 0 Å². The van der Waals surface area contributed by atoms with Crippen molar-refractivity contribution in [3.8, 4) is 0 Å². The Morgan fingerprint density at radius 1 is 1.16 bits per heavy atom. The molecule has 1 fully saturated rings. The van der Waals surface area contributed by atoms with Crippen molar-refractivity contribution >= 4 is 39.1 Å². The molecule has 1 saturated heterocycles. The van der Waals surface area contributed by atoms with E-state index in [1.54, 1.807) is 24.3 Å². The third-order valence-electron chi connectivity index (χ3n) is 4.03. The van der Waals surface area contributed by atoms with E-state index in [-0.39, 0.29) is 24.1 Å². The molecule has 25 heavy (non-hydrogen) atoms. The smallest absolute Gasteiger partial charge is 0.269 e. The predicted octanol–water partition coefficient (Wildman–Crippen LogP) is 2.59. The van der Waals surface area contributed by atoms with E-state index in [0.717, 1.165) is 10.2 Å². The van der Waals surface area contributed by atoms with Gasteiger partial charge >= 0.3 is 0 Å². The van der Waals surface area contributed by atoms with Crippen molar-refractivity contribution in [2.75, 3.05) is 6.54 Å². The highest BCUT2D eigenvalue weighted by Gasteiger charge is 2.40. The minimum Gasteiger partial charge on any atom is -0.296 e. The lowest BCUT2D eigenvalue weighted by atomic mass is 10.1. The summed E-state index contributed by atoms with van der Waals surface area (Å²) in [6.45, 7) is -0.0298. The molecule has 2 aromatic carbocycles. The van der Waals surface area contributed by atoms with Crippen molar-refractivity contribution in [3.63, 3.8) is 0 Å². The van der Waals surface area contributed by atoms with Crippen molar-refractivity contribution in [1.82, 2.24) is 15.4 Å². The van der Waals surface area contributed by atoms with Crippen LogP contribution in [0.3, 0.4) is 0 Å². The Hall–Kier alpha value is -3.06. The van der Waals surface area contributed by atoms with E-state index < -0.39 is 5.92 Å². The van der Waals surface area contributed by atoms with Crippen LogP contribution in [0.2, 0.25) is 0 Å². The third kappa shape index (κ3) is 2.78. The molecule has 0 aliphatic carbocycles. The lowest BCUT2D eigenvalue weighted by Gasteiger charge is -2.18. The summed E-state index contributed by atoms with van der Waals surface area (Å²) in [7, 11) is 0. The number of hydrazine groups is 1. The quantitative estimate of drug-likeness (QED) is 0.760. The summed E-state index contributed by atoms with van der Waals surface area (Å²) in [5, 5.41) is 10.2. The number of para-hydroxylation sites is 1. The zero-order valence-electron chi connectivity index (χ0n) is 13.1. The number of ketones is 1. The summed E-state index contributed by atoms with van der Waals surface area (Å²) in [5.74, 6) is -1.16. The second-order valence-corrected chi connectivity index (χ2v) is 6.76. The lowest BCUT2D eigenvalue weighted by Crippen LogP contribution is -2.43. The summed E-state index contributed by atoms with van der Waals surface area (Å²) in [5.41, 5.74) is 3.93. The second-order valence-electron chi connectivity index (χ2n) is 5.70. The van der Waals surface area contributed by atoms with E-state index in [2.05, 4.69) is 10.4 Å². The number of hydrogen-bond donors (Lipinski definition) is 2. The Morgan fingerprint density at radius 3 is 2.64 bits per heavy atom. The lowest BCUT2D eigenvalue weighted by molar-refractivity contribution is -0.118. The number of carbonyl (C=O) groups is 2. The molecule has 6 nitrogen and oxygen atoms in total. The maximum Gasteiger partial charge on any atom is 0.269 e. The van der Waals surface area contributed by atoms with Gasteiger partial charge in [0.2, 0.25) is 0 Å². The Bertz CT molecular complexity index is 950. The van der Waals surface area contributed by atoms with Crippen LogP contribution < -0.4 is 5.43 Å². The van der Waals surface area contributed by atoms with E-state index in [9.17, 15) is 9.59 Å². The number of amidine groups is 1. The Balaban J connectivity index is 1.57. The monoisotopic (exact) mass is 350 g/mol. The Morgan fingerprint density at radius 2 is 1.88 bits per heavy atom. The molecule has 3 aromatic rings. The van der Waals surface area contributed by atoms with Crippen LogP contribution >= 0.6 is 11.3 Å². The normalized spacial score (nSPS) is 17.3. The van der Waals surface area contributed by atoms with Crippen molar-refractivity contribution in [3.05, 3.63) is 65.2 Å². The van der Waals surface area contributed by atoms with Gasteiger partial charge in [-0.15, -0.1) is 11.3 Å². The van der Waals surface area contributed by atoms with Crippen molar-refractivity contribution < 1.29 is 9.59 Å². The van der Waals surface area contributed by atoms with Gasteiger partial charge in [0.1, 0.15) is 23.3 Å². The number of Topliss-reactive ketones (excluding diaryl/α,β-unsaturated/α-hetero) is 1. The zero-order valence-corrected chi connectivity index (χ0v) is 13.9. The number of nitrogens with zero attached hydrogens (tertiary/aromatic N) is 2. The highest BCUT2D eigenvalue weighted by Crippen LogP contribution is 2.32. The summed E-state index contributed by atoms with van der Waals surface area (Å²) in [6, 6.07) is 16.3. The van der Waals surface area contributed by atoms with E-state index >= 15 is 0 Å². The molecule has 0 bridgehead atoms. The van der Waals surface area contributed by atoms with E-state index in [1.807, 2.05) is 30.3 Å². The number of fused-ring (bicyclic) bond motifs is 1. The van der Waals surface area contributed by atoms with Gasteiger partial charge in [-0.1, -0.05) is 30.3 Å². The van der Waals surface area contributed by atoms with Crippen LogP contribution in [0.25, 0.3) is 10.2 Å². The van der Waals surface area contributed by atoms with Gasteiger partial charge in [-0.25, -0.2) is 4.98 Å². The molecule has 1 amide bonds. The molecule has 7 heteroatoms. The number of amides is 1. The average molecular weight is 350 g/mol. The van der Waals surface area contributed by atoms with Crippen LogP contribution in [0.4, 0.5) is 0 Å². The van der Waals surface area contributed by atoms with Gasteiger partial charge in [-0.05, 0) is 24.3 Å². The van der Waals surface area contributed by atoms with Crippen LogP contribution in [0.5, 0.6) is 0 Å². The first-order valence-corrected chi connectivity index (χ1v) is 8.55. The topological polar surface area (TPSA) is 86.2 Å². The minimum atomic E-state index is -0.728. The largest absolute Gasteiger partial charge is 0.296 e. The van der Waals surface area contributed by atoms with Crippen molar-refractivity contribution in [2.24, 2.45) is 0 Å². The van der Waals surface area contributed by atoms with Gasteiger partial charge in [0.15, 0.2) is 5.78 Å². The van der Waals surface area contributed by atoms with Crippen molar-refractivity contribution in [2.45, 2.75) is 5.92 Å². The molecule has 0 spiro atoms. The fourth-order valence-electron chi connectivity index (χ4n) is 2.79. The molecule has 1 unspecified atom stereocenters. The van der Waals surface area contributed by atoms with Crippen LogP contribution in [0, 0.1) is 5.41 Å². The molecule has 2 heterocycles. The predicted molar refractivity (Wildman–Crippen MR) is 95.7 cm³/mol. The molecule has 1 atom stereocenters. The zero-order chi connectivity index (χ0) is 17.4. The number of aromatic nitrogens is 1. The number of thiazole rings is 1. The number of rotatable bonds is 3. The van der Waals surface area contributed by atoms with Gasteiger partial charge in [-0.2, -0.15) is 0 Å². The molecule has 1 aliphatic heterocycles. The number of hydrogen-bond acceptors (Lipinski definition) is 5. The molecular formula is C18H14N4O2S. The first-order chi connectivity index (χ1) is 12.1. The average Bonchev–Trinajstić information content (AvgIpc) is 3.16. The highest BCUT2D eigenvalue weighted by molar-refractivity contribution is 7.18. The fourth-order valence-corrected chi connectivity index (χ4v) is 3.88. The van der Waals surface area contributed by atoms with Gasteiger partial charge in [0.05, 0.1) is 10.2 Å². The van der Waals surface area contributed by atoms with Crippen LogP contribution in [0.15, 0.2) is 54.6 Å².